The van der Waals surface area contributed by atoms with Crippen molar-refractivity contribution in [2.24, 2.45) is 0 Å². The number of carbonyl (C=O) groups is 1. The molecule has 0 bridgehead atoms. The van der Waals surface area contributed by atoms with Gasteiger partial charge in [0.15, 0.2) is 6.29 Å². The molecule has 0 heterocycles. The van der Waals surface area contributed by atoms with E-state index < -0.39 is 31.0 Å². The molecule has 0 aliphatic heterocycles. The van der Waals surface area contributed by atoms with Crippen molar-refractivity contribution in [3.8, 4) is 0 Å². The number of rotatable bonds is 5. The molecule has 0 aliphatic carbocycles. The fourth-order valence-electron chi connectivity index (χ4n) is 0.618. The average molecular weight is 377 g/mol. The van der Waals surface area contributed by atoms with Crippen LogP contribution in [-0.2, 0) is 27.2 Å². The van der Waals surface area contributed by atoms with Crippen LogP contribution >= 0.6 is 0 Å². The molecule has 0 rings (SSSR count). The van der Waals surface area contributed by atoms with Gasteiger partial charge in [0.05, 0.1) is 6.61 Å². The van der Waals surface area contributed by atoms with Gasteiger partial charge in [-0.2, -0.15) is 0 Å². The van der Waals surface area contributed by atoms with Gasteiger partial charge in [0.2, 0.25) is 0 Å². The van der Waals surface area contributed by atoms with Gasteiger partial charge in [-0.3, -0.25) is 0 Å². The van der Waals surface area contributed by atoms with Crippen LogP contribution in [0.1, 0.15) is 0 Å². The molecule has 0 amide bonds. The molecule has 6 nitrogen and oxygen atoms in total. The zero-order valence-electron chi connectivity index (χ0n) is 6.54. The molecule has 7 heteroatoms. The van der Waals surface area contributed by atoms with E-state index in [1.807, 2.05) is 0 Å². The average Bonchev–Trinajstić information content (AvgIpc) is 2.12. The summed E-state index contributed by atoms with van der Waals surface area (Å²) < 4.78 is 0. The molecular weight excluding hydrogens is 365 g/mol. The monoisotopic (exact) mass is 377 g/mol. The normalized spacial score (nSPS) is 19.5. The zero-order valence-corrected chi connectivity index (χ0v) is 8.71. The van der Waals surface area contributed by atoms with Gasteiger partial charge in [-0.15, -0.1) is 0 Å². The van der Waals surface area contributed by atoms with Crippen LogP contribution in [0.3, 0.4) is 0 Å². The summed E-state index contributed by atoms with van der Waals surface area (Å²) in [5, 5.41) is 43.5. The van der Waals surface area contributed by atoms with E-state index in [0.717, 1.165) is 0 Å². The molecule has 83 valence electrons. The Kier molecular flexibility index (Phi) is 9.16. The Morgan fingerprint density at radius 3 is 1.85 bits per heavy atom. The van der Waals surface area contributed by atoms with Gasteiger partial charge in [-0.1, -0.05) is 0 Å². The Bertz CT molecular complexity index is 143. The number of aliphatic hydroxyl groups excluding tert-OH is 5. The van der Waals surface area contributed by atoms with E-state index in [2.05, 4.69) is 0 Å². The van der Waals surface area contributed by atoms with Crippen LogP contribution in [0.2, 0.25) is 0 Å². The Balaban J connectivity index is 0. The predicted molar refractivity (Wildman–Crippen MR) is 37.2 cm³/mol. The van der Waals surface area contributed by atoms with E-state index in [1.54, 1.807) is 0 Å². The van der Waals surface area contributed by atoms with E-state index in [0.29, 0.717) is 0 Å². The number of aliphatic hydroxyl groups is 5. The second-order valence-electron chi connectivity index (χ2n) is 2.36. The van der Waals surface area contributed by atoms with Crippen LogP contribution in [0.25, 0.3) is 0 Å². The molecule has 1 radical (unpaired) electrons. The van der Waals surface area contributed by atoms with Crippen molar-refractivity contribution in [1.29, 1.82) is 0 Å². The maximum Gasteiger partial charge on any atom is 0.151 e. The number of hydrogen-bond donors (Lipinski definition) is 5. The van der Waals surface area contributed by atoms with Gasteiger partial charge in [-0.05, 0) is 0 Å². The third kappa shape index (κ3) is 4.84. The summed E-state index contributed by atoms with van der Waals surface area (Å²) in [4.78, 5) is 9.90. The molecule has 0 aromatic heterocycles. The van der Waals surface area contributed by atoms with Crippen LogP contribution in [0, 0.1) is 0 Å². The molecule has 0 aromatic rings. The quantitative estimate of drug-likeness (QED) is 0.252. The molecule has 4 atom stereocenters. The fourth-order valence-corrected chi connectivity index (χ4v) is 0.618. The van der Waals surface area contributed by atoms with Crippen molar-refractivity contribution in [2.45, 2.75) is 24.4 Å². The molecule has 13 heavy (non-hydrogen) atoms. The molecule has 0 saturated heterocycles. The van der Waals surface area contributed by atoms with Crippen LogP contribution in [0.5, 0.6) is 0 Å². The largest absolute Gasteiger partial charge is 0.394 e. The van der Waals surface area contributed by atoms with Crippen molar-refractivity contribution in [3.05, 3.63) is 0 Å². The predicted octanol–water partition coefficient (Wildman–Crippen LogP) is -3.38. The van der Waals surface area contributed by atoms with Crippen molar-refractivity contribution >= 4 is 6.29 Å². The Morgan fingerprint density at radius 1 is 1.08 bits per heavy atom. The van der Waals surface area contributed by atoms with E-state index in [1.165, 1.54) is 0 Å². The first-order valence-electron chi connectivity index (χ1n) is 3.33. The molecule has 0 aliphatic rings. The maximum absolute atomic E-state index is 9.90. The van der Waals surface area contributed by atoms with Crippen molar-refractivity contribution in [2.75, 3.05) is 6.61 Å². The van der Waals surface area contributed by atoms with Crippen molar-refractivity contribution in [3.63, 3.8) is 0 Å². The van der Waals surface area contributed by atoms with Gasteiger partial charge < -0.3 is 30.3 Å². The first kappa shape index (κ1) is 15.7. The first-order chi connectivity index (χ1) is 5.54. The summed E-state index contributed by atoms with van der Waals surface area (Å²) in [6.07, 6.45) is -6.84. The Morgan fingerprint density at radius 2 is 1.54 bits per heavy atom. The second kappa shape index (κ2) is 7.60. The van der Waals surface area contributed by atoms with Crippen LogP contribution in [-0.4, -0.2) is 62.8 Å². The number of aldehydes is 1. The summed E-state index contributed by atoms with van der Waals surface area (Å²) in [5.41, 5.74) is 0. The SMILES string of the molecule is O=C[C@H](O)[C@@H](O)[C@H](O)[C@H](O)CO.[Au]. The summed E-state index contributed by atoms with van der Waals surface area (Å²) in [6, 6.07) is 0. The van der Waals surface area contributed by atoms with Crippen LogP contribution in [0.4, 0.5) is 0 Å². The van der Waals surface area contributed by atoms with Crippen LogP contribution < -0.4 is 0 Å². The standard InChI is InChI=1S/C6H12O6.Au/c7-1-3(9)5(11)6(12)4(10)2-8;/h1,3-6,8-12H,2H2;/t3-,4+,5+,6+;/m0./s1. The molecule has 0 saturated carbocycles. The second-order valence-corrected chi connectivity index (χ2v) is 2.36. The minimum absolute atomic E-state index is 0. The summed E-state index contributed by atoms with van der Waals surface area (Å²) in [6.45, 7) is -0.760. The summed E-state index contributed by atoms with van der Waals surface area (Å²) >= 11 is 0. The Labute approximate surface area is 90.3 Å². The van der Waals surface area contributed by atoms with Gasteiger partial charge in [0.1, 0.15) is 24.4 Å². The number of carbonyl (C=O) groups excluding carboxylic acids is 1. The van der Waals surface area contributed by atoms with E-state index in [-0.39, 0.29) is 28.7 Å². The van der Waals surface area contributed by atoms with Crippen molar-refractivity contribution in [1.82, 2.24) is 0 Å². The van der Waals surface area contributed by atoms with Crippen molar-refractivity contribution < 1.29 is 52.7 Å². The first-order valence-corrected chi connectivity index (χ1v) is 3.33. The minimum atomic E-state index is -1.79. The number of hydrogen-bond acceptors (Lipinski definition) is 6. The molecule has 0 spiro atoms. The Hall–Kier alpha value is 0.210. The smallest absolute Gasteiger partial charge is 0.151 e. The molecule has 0 unspecified atom stereocenters. The van der Waals surface area contributed by atoms with E-state index >= 15 is 0 Å². The van der Waals surface area contributed by atoms with Gasteiger partial charge in [0.25, 0.3) is 0 Å². The summed E-state index contributed by atoms with van der Waals surface area (Å²) in [7, 11) is 0. The summed E-state index contributed by atoms with van der Waals surface area (Å²) in [5.74, 6) is 0. The van der Waals surface area contributed by atoms with Crippen LogP contribution in [0.15, 0.2) is 0 Å². The molecule has 5 N–H and O–H groups in total. The topological polar surface area (TPSA) is 118 Å². The minimum Gasteiger partial charge on any atom is -0.394 e. The molecule has 0 fully saturated rings. The van der Waals surface area contributed by atoms with Gasteiger partial charge >= 0.3 is 0 Å². The third-order valence-corrected chi connectivity index (χ3v) is 1.42. The zero-order chi connectivity index (χ0) is 9.72. The fraction of sp³-hybridized carbons (Fsp3) is 0.833. The van der Waals surface area contributed by atoms with Gasteiger partial charge in [-0.25, -0.2) is 0 Å². The maximum atomic E-state index is 9.90. The molecule has 0 aromatic carbocycles. The van der Waals surface area contributed by atoms with E-state index in [9.17, 15) is 4.79 Å². The van der Waals surface area contributed by atoms with Gasteiger partial charge in [0, 0.05) is 22.4 Å². The third-order valence-electron chi connectivity index (χ3n) is 1.42. The molecular formula is C6H12AuO6. The van der Waals surface area contributed by atoms with E-state index in [4.69, 9.17) is 25.5 Å².